The Hall–Kier alpha value is -2.67. The van der Waals surface area contributed by atoms with Crippen molar-refractivity contribution >= 4 is 11.4 Å². The molecule has 0 N–H and O–H groups in total. The zero-order chi connectivity index (χ0) is 18.9. The Bertz CT molecular complexity index is 626. The summed E-state index contributed by atoms with van der Waals surface area (Å²) in [6.45, 7) is -2.21. The number of alkyl halides is 7. The van der Waals surface area contributed by atoms with Crippen LogP contribution in [0.1, 0.15) is 5.56 Å². The normalized spacial score (nSPS) is 12.3. The molecule has 7 nitrogen and oxygen atoms in total. The smallest absolute Gasteiger partial charge is 0.416 e. The van der Waals surface area contributed by atoms with Gasteiger partial charge in [-0.1, -0.05) is 0 Å². The summed E-state index contributed by atoms with van der Waals surface area (Å²) in [6.07, 6.45) is -9.48. The highest BCUT2D eigenvalue weighted by molar-refractivity contribution is 5.62. The van der Waals surface area contributed by atoms with Gasteiger partial charge in [0.25, 0.3) is 5.75 Å². The first-order chi connectivity index (χ1) is 10.8. The van der Waals surface area contributed by atoms with Crippen LogP contribution in [0.25, 0.3) is 0 Å². The zero-order valence-corrected chi connectivity index (χ0v) is 11.0. The molecule has 0 fully saturated rings. The van der Waals surface area contributed by atoms with E-state index in [2.05, 4.69) is 4.74 Å². The van der Waals surface area contributed by atoms with Crippen molar-refractivity contribution in [1.29, 1.82) is 0 Å². The van der Waals surface area contributed by atoms with E-state index in [1.165, 1.54) is 0 Å². The summed E-state index contributed by atoms with van der Waals surface area (Å²) in [6, 6.07) is -0.383. The first-order valence-corrected chi connectivity index (χ1v) is 5.60. The van der Waals surface area contributed by atoms with Crippen molar-refractivity contribution in [2.24, 2.45) is 0 Å². The average Bonchev–Trinajstić information content (AvgIpc) is 2.42. The van der Waals surface area contributed by atoms with Crippen molar-refractivity contribution < 1.29 is 45.3 Å². The van der Waals surface area contributed by atoms with Crippen LogP contribution in [-0.4, -0.2) is 28.8 Å². The molecule has 0 atom stereocenters. The Morgan fingerprint density at radius 1 is 1.00 bits per heavy atom. The molecule has 0 saturated heterocycles. The lowest BCUT2D eigenvalue weighted by atomic mass is 10.1. The van der Waals surface area contributed by atoms with Gasteiger partial charge in [-0.2, -0.15) is 22.0 Å². The van der Waals surface area contributed by atoms with Crippen LogP contribution in [0.5, 0.6) is 5.75 Å². The van der Waals surface area contributed by atoms with Crippen LogP contribution in [0.4, 0.5) is 42.1 Å². The fourth-order valence-corrected chi connectivity index (χ4v) is 1.41. The second-order valence-electron chi connectivity index (χ2n) is 4.21. The Morgan fingerprint density at radius 2 is 1.42 bits per heavy atom. The van der Waals surface area contributed by atoms with Gasteiger partial charge in [0.1, 0.15) is 0 Å². The number of rotatable bonds is 6. The summed E-state index contributed by atoms with van der Waals surface area (Å²) < 4.78 is 91.3. The summed E-state index contributed by atoms with van der Waals surface area (Å²) in [5.41, 5.74) is -5.14. The fourth-order valence-electron chi connectivity index (χ4n) is 1.41. The van der Waals surface area contributed by atoms with E-state index in [0.29, 0.717) is 0 Å². The number of benzene rings is 1. The van der Waals surface area contributed by atoms with Crippen LogP contribution in [0.3, 0.4) is 0 Å². The van der Waals surface area contributed by atoms with Crippen LogP contribution in [0.15, 0.2) is 12.1 Å². The molecule has 134 valence electrons. The first kappa shape index (κ1) is 19.4. The molecule has 1 rings (SSSR count). The highest BCUT2D eigenvalue weighted by Gasteiger charge is 2.44. The first-order valence-electron chi connectivity index (χ1n) is 5.60. The standard InChI is InChI=1S/C10H5F7N2O5/c11-8(12)9(13,14)3-24-7-5(18(20)21)1-4(10(15,16)17)2-6(7)19(22)23/h1-2,8H,3H2. The van der Waals surface area contributed by atoms with Crippen molar-refractivity contribution in [3.05, 3.63) is 37.9 Å². The van der Waals surface area contributed by atoms with Crippen molar-refractivity contribution in [3.8, 4) is 5.75 Å². The molecule has 0 aliphatic rings. The van der Waals surface area contributed by atoms with Gasteiger partial charge in [0, 0.05) is 12.1 Å². The van der Waals surface area contributed by atoms with Gasteiger partial charge in [-0.3, -0.25) is 20.2 Å². The predicted octanol–water partition coefficient (Wildman–Crippen LogP) is 3.80. The number of ether oxygens (including phenoxy) is 1. The van der Waals surface area contributed by atoms with Crippen LogP contribution >= 0.6 is 0 Å². The van der Waals surface area contributed by atoms with Gasteiger partial charge in [-0.25, -0.2) is 8.78 Å². The van der Waals surface area contributed by atoms with E-state index in [1.54, 1.807) is 0 Å². The third-order valence-electron chi connectivity index (χ3n) is 2.50. The fraction of sp³-hybridized carbons (Fsp3) is 0.400. The summed E-state index contributed by atoms with van der Waals surface area (Å²) in [4.78, 5) is 18.4. The van der Waals surface area contributed by atoms with Crippen molar-refractivity contribution in [1.82, 2.24) is 0 Å². The molecule has 0 amide bonds. The van der Waals surface area contributed by atoms with Crippen LogP contribution < -0.4 is 4.74 Å². The highest BCUT2D eigenvalue weighted by Crippen LogP contribution is 2.43. The quantitative estimate of drug-likeness (QED) is 0.434. The van der Waals surface area contributed by atoms with E-state index in [-0.39, 0.29) is 12.1 Å². The monoisotopic (exact) mass is 366 g/mol. The zero-order valence-electron chi connectivity index (χ0n) is 11.0. The Balaban J connectivity index is 3.46. The number of nitro benzene ring substituents is 2. The lowest BCUT2D eigenvalue weighted by Gasteiger charge is -2.16. The molecule has 0 spiro atoms. The number of hydrogen-bond donors (Lipinski definition) is 0. The molecule has 0 bridgehead atoms. The van der Waals surface area contributed by atoms with Crippen LogP contribution in [0.2, 0.25) is 0 Å². The molecular formula is C10H5F7N2O5. The third kappa shape index (κ3) is 4.20. The van der Waals surface area contributed by atoms with E-state index in [9.17, 15) is 51.0 Å². The molecule has 0 aliphatic heterocycles. The summed E-state index contributed by atoms with van der Waals surface area (Å²) in [7, 11) is 0. The van der Waals surface area contributed by atoms with E-state index in [1.807, 2.05) is 0 Å². The minimum atomic E-state index is -5.22. The lowest BCUT2D eigenvalue weighted by molar-refractivity contribution is -0.396. The third-order valence-corrected chi connectivity index (χ3v) is 2.50. The second kappa shape index (κ2) is 6.45. The topological polar surface area (TPSA) is 95.5 Å². The Kier molecular flexibility index (Phi) is 5.20. The Morgan fingerprint density at radius 3 is 1.71 bits per heavy atom. The van der Waals surface area contributed by atoms with Crippen LogP contribution in [-0.2, 0) is 6.18 Å². The highest BCUT2D eigenvalue weighted by atomic mass is 19.4. The Labute approximate surface area is 126 Å². The van der Waals surface area contributed by atoms with Gasteiger partial charge in [0.15, 0.2) is 6.61 Å². The maximum Gasteiger partial charge on any atom is 0.416 e. The number of nitrogens with zero attached hydrogens (tertiary/aromatic N) is 2. The molecule has 0 aromatic heterocycles. The van der Waals surface area contributed by atoms with E-state index in [0.717, 1.165) is 0 Å². The van der Waals surface area contributed by atoms with E-state index >= 15 is 0 Å². The minimum absolute atomic E-state index is 0.192. The van der Waals surface area contributed by atoms with Gasteiger partial charge >= 0.3 is 29.9 Å². The molecule has 0 radical (unpaired) electrons. The predicted molar refractivity (Wildman–Crippen MR) is 61.2 cm³/mol. The van der Waals surface area contributed by atoms with Gasteiger partial charge in [0.2, 0.25) is 0 Å². The molecule has 24 heavy (non-hydrogen) atoms. The number of halogens is 7. The maximum absolute atomic E-state index is 12.8. The molecule has 14 heteroatoms. The van der Waals surface area contributed by atoms with Gasteiger partial charge in [-0.05, 0) is 0 Å². The molecular weight excluding hydrogens is 361 g/mol. The minimum Gasteiger partial charge on any atom is -0.475 e. The van der Waals surface area contributed by atoms with Crippen molar-refractivity contribution in [2.75, 3.05) is 6.61 Å². The van der Waals surface area contributed by atoms with E-state index in [4.69, 9.17) is 0 Å². The SMILES string of the molecule is O=[N+]([O-])c1cc(C(F)(F)F)cc([N+](=O)[O-])c1OCC(F)(F)C(F)F. The molecule has 1 aromatic rings. The maximum atomic E-state index is 12.8. The van der Waals surface area contributed by atoms with Gasteiger partial charge in [-0.15, -0.1) is 0 Å². The van der Waals surface area contributed by atoms with Gasteiger partial charge in [0.05, 0.1) is 15.4 Å². The summed E-state index contributed by atoms with van der Waals surface area (Å²) in [5.74, 6) is -6.41. The largest absolute Gasteiger partial charge is 0.475 e. The second-order valence-corrected chi connectivity index (χ2v) is 4.21. The average molecular weight is 366 g/mol. The van der Waals surface area contributed by atoms with Crippen LogP contribution in [0, 0.1) is 20.2 Å². The lowest BCUT2D eigenvalue weighted by Crippen LogP contribution is -2.34. The van der Waals surface area contributed by atoms with Crippen molar-refractivity contribution in [2.45, 2.75) is 18.5 Å². The van der Waals surface area contributed by atoms with E-state index < -0.39 is 57.7 Å². The molecule has 0 heterocycles. The summed E-state index contributed by atoms with van der Waals surface area (Å²) >= 11 is 0. The molecule has 0 unspecified atom stereocenters. The summed E-state index contributed by atoms with van der Waals surface area (Å²) in [5, 5.41) is 21.5. The molecule has 0 aliphatic carbocycles. The van der Waals surface area contributed by atoms with Crippen molar-refractivity contribution in [3.63, 3.8) is 0 Å². The molecule has 0 saturated carbocycles. The van der Waals surface area contributed by atoms with Gasteiger partial charge < -0.3 is 4.74 Å². The number of hydrogen-bond acceptors (Lipinski definition) is 5. The molecule has 1 aromatic carbocycles. The number of nitro groups is 2.